The first-order chi connectivity index (χ1) is 13.0. The van der Waals surface area contributed by atoms with Gasteiger partial charge in [0.25, 0.3) is 0 Å². The third-order valence-electron chi connectivity index (χ3n) is 5.14. The zero-order valence-corrected chi connectivity index (χ0v) is 16.7. The van der Waals surface area contributed by atoms with Crippen LogP contribution in [0.15, 0.2) is 47.3 Å². The summed E-state index contributed by atoms with van der Waals surface area (Å²) < 4.78 is 44.4. The molecule has 2 rings (SSSR count). The van der Waals surface area contributed by atoms with Crippen LogP contribution in [0.4, 0.5) is 8.78 Å². The molecule has 150 valence electrons. The lowest BCUT2D eigenvalue weighted by Gasteiger charge is -2.28. The third kappa shape index (κ3) is 5.80. The Hall–Kier alpha value is -1.88. The second-order valence-electron chi connectivity index (χ2n) is 6.84. The fourth-order valence-corrected chi connectivity index (χ4v) is 3.12. The molecular formula is C22H30F2O3. The molecule has 27 heavy (non-hydrogen) atoms. The second kappa shape index (κ2) is 10.5. The van der Waals surface area contributed by atoms with Gasteiger partial charge in [-0.2, -0.15) is 0 Å². The first-order valence-corrected chi connectivity index (χ1v) is 9.62. The molecule has 1 aliphatic rings. The molecule has 2 unspecified atom stereocenters. The molecule has 2 atom stereocenters. The lowest BCUT2D eigenvalue weighted by molar-refractivity contribution is 0.00202. The van der Waals surface area contributed by atoms with Crippen LogP contribution < -0.4 is 4.74 Å². The van der Waals surface area contributed by atoms with E-state index in [0.29, 0.717) is 24.2 Å². The smallest absolute Gasteiger partial charge is 0.196 e. The number of benzene rings is 1. The molecule has 1 aromatic carbocycles. The van der Waals surface area contributed by atoms with Gasteiger partial charge in [-0.15, -0.1) is 0 Å². The molecule has 0 spiro atoms. The van der Waals surface area contributed by atoms with Gasteiger partial charge in [0.05, 0.1) is 19.8 Å². The van der Waals surface area contributed by atoms with Crippen molar-refractivity contribution in [3.8, 4) is 5.75 Å². The predicted octanol–water partition coefficient (Wildman–Crippen LogP) is 6.22. The van der Waals surface area contributed by atoms with E-state index in [-0.39, 0.29) is 17.9 Å². The Morgan fingerprint density at radius 2 is 1.81 bits per heavy atom. The molecular weight excluding hydrogens is 350 g/mol. The number of allylic oxidation sites excluding steroid dienone is 3. The van der Waals surface area contributed by atoms with Crippen molar-refractivity contribution in [2.75, 3.05) is 20.3 Å². The molecule has 0 N–H and O–H groups in total. The molecule has 0 radical (unpaired) electrons. The average Bonchev–Trinajstić information content (AvgIpc) is 2.73. The summed E-state index contributed by atoms with van der Waals surface area (Å²) in [6.45, 7) is 6.05. The summed E-state index contributed by atoms with van der Waals surface area (Å²) in [5, 5.41) is 0. The van der Waals surface area contributed by atoms with E-state index in [1.54, 1.807) is 6.92 Å². The monoisotopic (exact) mass is 380 g/mol. The highest BCUT2D eigenvalue weighted by Crippen LogP contribution is 2.30. The van der Waals surface area contributed by atoms with E-state index in [1.807, 2.05) is 24.3 Å². The minimum atomic E-state index is -0.976. The summed E-state index contributed by atoms with van der Waals surface area (Å²) in [4.78, 5) is 0. The Bertz CT molecular complexity index is 657. The van der Waals surface area contributed by atoms with Crippen LogP contribution in [0.25, 0.3) is 0 Å². The van der Waals surface area contributed by atoms with Crippen molar-refractivity contribution in [1.82, 2.24) is 0 Å². The topological polar surface area (TPSA) is 27.7 Å². The predicted molar refractivity (Wildman–Crippen MR) is 103 cm³/mol. The van der Waals surface area contributed by atoms with Gasteiger partial charge in [-0.25, -0.2) is 8.78 Å². The van der Waals surface area contributed by atoms with E-state index >= 15 is 0 Å². The van der Waals surface area contributed by atoms with Crippen LogP contribution in [0.1, 0.15) is 57.9 Å². The van der Waals surface area contributed by atoms with Crippen molar-refractivity contribution in [3.05, 3.63) is 52.8 Å². The SMILES string of the molecule is CC/C(COc1ccc(C2CCC(CC)OC2)cc1)=C(F)\C(F)=C(/C)OC. The van der Waals surface area contributed by atoms with Gasteiger partial charge in [0, 0.05) is 11.5 Å². The van der Waals surface area contributed by atoms with Crippen LogP contribution in [0, 0.1) is 0 Å². The first kappa shape index (κ1) is 21.4. The number of hydrogen-bond donors (Lipinski definition) is 0. The van der Waals surface area contributed by atoms with Gasteiger partial charge in [-0.3, -0.25) is 0 Å². The fourth-order valence-electron chi connectivity index (χ4n) is 3.12. The van der Waals surface area contributed by atoms with Crippen LogP contribution in [-0.4, -0.2) is 26.4 Å². The summed E-state index contributed by atoms with van der Waals surface area (Å²) in [6, 6.07) is 7.80. The van der Waals surface area contributed by atoms with E-state index in [4.69, 9.17) is 14.2 Å². The Morgan fingerprint density at radius 3 is 2.33 bits per heavy atom. The summed E-state index contributed by atoms with van der Waals surface area (Å²) >= 11 is 0. The maximum atomic E-state index is 14.2. The van der Waals surface area contributed by atoms with Gasteiger partial charge in [-0.05, 0) is 50.3 Å². The quantitative estimate of drug-likeness (QED) is 0.396. The van der Waals surface area contributed by atoms with Crippen LogP contribution in [0.3, 0.4) is 0 Å². The van der Waals surface area contributed by atoms with Crippen molar-refractivity contribution in [1.29, 1.82) is 0 Å². The first-order valence-electron chi connectivity index (χ1n) is 9.62. The fraction of sp³-hybridized carbons (Fsp3) is 0.545. The molecule has 0 bridgehead atoms. The minimum Gasteiger partial charge on any atom is -0.498 e. The number of ether oxygens (including phenoxy) is 3. The highest BCUT2D eigenvalue weighted by Gasteiger charge is 2.21. The molecule has 1 aromatic rings. The molecule has 1 aliphatic heterocycles. The van der Waals surface area contributed by atoms with Crippen LogP contribution in [-0.2, 0) is 9.47 Å². The lowest BCUT2D eigenvalue weighted by atomic mass is 9.91. The van der Waals surface area contributed by atoms with Crippen molar-refractivity contribution in [2.24, 2.45) is 0 Å². The summed E-state index contributed by atoms with van der Waals surface area (Å²) in [5.41, 5.74) is 1.48. The molecule has 5 heteroatoms. The van der Waals surface area contributed by atoms with Gasteiger partial charge in [0.15, 0.2) is 11.7 Å². The molecule has 0 amide bonds. The zero-order chi connectivity index (χ0) is 19.8. The summed E-state index contributed by atoms with van der Waals surface area (Å²) in [7, 11) is 1.31. The Labute approximate surface area is 161 Å². The van der Waals surface area contributed by atoms with E-state index in [1.165, 1.54) is 19.6 Å². The van der Waals surface area contributed by atoms with Gasteiger partial charge in [-0.1, -0.05) is 26.0 Å². The van der Waals surface area contributed by atoms with Crippen molar-refractivity contribution in [3.63, 3.8) is 0 Å². The third-order valence-corrected chi connectivity index (χ3v) is 5.14. The molecule has 1 fully saturated rings. The average molecular weight is 380 g/mol. The molecule has 0 aromatic heterocycles. The van der Waals surface area contributed by atoms with E-state index in [0.717, 1.165) is 25.9 Å². The number of methoxy groups -OCH3 is 1. The summed E-state index contributed by atoms with van der Waals surface area (Å²) in [6.07, 6.45) is 4.00. The second-order valence-corrected chi connectivity index (χ2v) is 6.84. The van der Waals surface area contributed by atoms with Crippen molar-refractivity contribution < 1.29 is 23.0 Å². The van der Waals surface area contributed by atoms with E-state index in [9.17, 15) is 8.78 Å². The molecule has 3 nitrogen and oxygen atoms in total. The normalized spacial score (nSPS) is 22.0. The highest BCUT2D eigenvalue weighted by molar-refractivity contribution is 5.31. The van der Waals surface area contributed by atoms with Gasteiger partial charge in [0.2, 0.25) is 0 Å². The van der Waals surface area contributed by atoms with Crippen LogP contribution in [0.2, 0.25) is 0 Å². The summed E-state index contributed by atoms with van der Waals surface area (Å²) in [5.74, 6) is -0.924. The van der Waals surface area contributed by atoms with E-state index < -0.39 is 11.7 Å². The van der Waals surface area contributed by atoms with Gasteiger partial charge < -0.3 is 14.2 Å². The van der Waals surface area contributed by atoms with Crippen molar-refractivity contribution >= 4 is 0 Å². The van der Waals surface area contributed by atoms with Crippen LogP contribution in [0.5, 0.6) is 5.75 Å². The number of hydrogen-bond acceptors (Lipinski definition) is 3. The van der Waals surface area contributed by atoms with E-state index in [2.05, 4.69) is 6.92 Å². The van der Waals surface area contributed by atoms with Crippen LogP contribution >= 0.6 is 0 Å². The molecule has 0 aliphatic carbocycles. The number of halogens is 2. The maximum absolute atomic E-state index is 14.2. The largest absolute Gasteiger partial charge is 0.498 e. The highest BCUT2D eigenvalue weighted by atomic mass is 19.2. The molecule has 0 saturated carbocycles. The maximum Gasteiger partial charge on any atom is 0.196 e. The Morgan fingerprint density at radius 1 is 1.11 bits per heavy atom. The molecule has 1 saturated heterocycles. The zero-order valence-electron chi connectivity index (χ0n) is 16.7. The Kier molecular flexibility index (Phi) is 8.29. The standard InChI is InChI=1S/C22H30F2O3/c1-5-16(22(24)21(23)15(3)25-4)13-27-20-11-7-17(8-12-20)18-9-10-19(6-2)26-14-18/h7-8,11-12,18-19H,5-6,9-10,13-14H2,1-4H3/b21-15-,22-16-. The van der Waals surface area contributed by atoms with Gasteiger partial charge in [0.1, 0.15) is 18.1 Å². The van der Waals surface area contributed by atoms with Gasteiger partial charge >= 0.3 is 0 Å². The minimum absolute atomic E-state index is 0.00316. The lowest BCUT2D eigenvalue weighted by Crippen LogP contribution is -2.24. The van der Waals surface area contributed by atoms with Crippen molar-refractivity contribution in [2.45, 2.75) is 58.5 Å². The Balaban J connectivity index is 1.98. The number of rotatable bonds is 8. The molecule has 1 heterocycles.